The molecule has 1 aliphatic rings. The first-order valence-corrected chi connectivity index (χ1v) is 11.3. The Morgan fingerprint density at radius 2 is 2.00 bits per heavy atom. The van der Waals surface area contributed by atoms with Crippen molar-refractivity contribution in [3.8, 4) is 0 Å². The largest absolute Gasteiger partial charge is 0.322 e. The number of carbonyl (C=O) groups is 2. The zero-order valence-electron chi connectivity index (χ0n) is 17.0. The minimum absolute atomic E-state index is 0.163. The van der Waals surface area contributed by atoms with Gasteiger partial charge in [-0.2, -0.15) is 0 Å². The van der Waals surface area contributed by atoms with Crippen molar-refractivity contribution in [1.82, 2.24) is 15.1 Å². The Hall–Kier alpha value is -2.97. The fourth-order valence-corrected chi connectivity index (χ4v) is 4.69. The van der Waals surface area contributed by atoms with Gasteiger partial charge in [0.15, 0.2) is 0 Å². The lowest BCUT2D eigenvalue weighted by molar-refractivity contribution is 0.102. The van der Waals surface area contributed by atoms with Crippen LogP contribution in [0.1, 0.15) is 46.2 Å². The van der Waals surface area contributed by atoms with E-state index in [-0.39, 0.29) is 23.0 Å². The lowest BCUT2D eigenvalue weighted by Gasteiger charge is -2.23. The summed E-state index contributed by atoms with van der Waals surface area (Å²) in [4.78, 5) is 27.3. The topological polar surface area (TPSA) is 87.2 Å². The lowest BCUT2D eigenvalue weighted by Crippen LogP contribution is -2.34. The number of amides is 3. The molecule has 1 aromatic heterocycles. The SMILES string of the molecule is CCc1ccccc1NC(=O)N1CCC[C@@H]1c1nnc(C(=O)Nc2cccc(Cl)c2)s1. The predicted molar refractivity (Wildman–Crippen MR) is 123 cm³/mol. The molecule has 7 nitrogen and oxygen atoms in total. The number of anilines is 2. The molecule has 1 saturated heterocycles. The van der Waals surface area contributed by atoms with Crippen molar-refractivity contribution in [3.63, 3.8) is 0 Å². The number of likely N-dealkylation sites (tertiary alicyclic amines) is 1. The van der Waals surface area contributed by atoms with Crippen LogP contribution in [-0.2, 0) is 6.42 Å². The molecule has 0 radical (unpaired) electrons. The third kappa shape index (κ3) is 4.86. The molecule has 4 rings (SSSR count). The molecule has 1 aliphatic heterocycles. The average molecular weight is 456 g/mol. The van der Waals surface area contributed by atoms with Gasteiger partial charge < -0.3 is 15.5 Å². The fourth-order valence-electron chi connectivity index (χ4n) is 3.62. The first-order valence-electron chi connectivity index (χ1n) is 10.1. The van der Waals surface area contributed by atoms with Crippen molar-refractivity contribution in [2.24, 2.45) is 0 Å². The maximum Gasteiger partial charge on any atom is 0.322 e. The van der Waals surface area contributed by atoms with E-state index in [1.54, 1.807) is 29.2 Å². The first kappa shape index (κ1) is 21.3. The molecule has 160 valence electrons. The van der Waals surface area contributed by atoms with Crippen LogP contribution in [0, 0.1) is 0 Å². The summed E-state index contributed by atoms with van der Waals surface area (Å²) >= 11 is 7.18. The van der Waals surface area contributed by atoms with Crippen LogP contribution in [0.3, 0.4) is 0 Å². The van der Waals surface area contributed by atoms with Crippen molar-refractivity contribution >= 4 is 46.3 Å². The number of benzene rings is 2. The molecule has 1 atom stereocenters. The smallest absolute Gasteiger partial charge is 0.320 e. The number of urea groups is 1. The number of halogens is 1. The average Bonchev–Trinajstić information content (AvgIpc) is 3.44. The minimum Gasteiger partial charge on any atom is -0.320 e. The van der Waals surface area contributed by atoms with Crippen LogP contribution in [0.25, 0.3) is 0 Å². The lowest BCUT2D eigenvalue weighted by atomic mass is 10.1. The van der Waals surface area contributed by atoms with Gasteiger partial charge in [0.1, 0.15) is 5.01 Å². The van der Waals surface area contributed by atoms with Crippen LogP contribution in [-0.4, -0.2) is 33.6 Å². The number of aromatic nitrogens is 2. The maximum absolute atomic E-state index is 13.0. The molecule has 31 heavy (non-hydrogen) atoms. The number of aryl methyl sites for hydroxylation is 1. The summed E-state index contributed by atoms with van der Waals surface area (Å²) in [6, 6.07) is 14.3. The van der Waals surface area contributed by atoms with Crippen LogP contribution in [0.2, 0.25) is 5.02 Å². The highest BCUT2D eigenvalue weighted by molar-refractivity contribution is 7.13. The van der Waals surface area contributed by atoms with Crippen molar-refractivity contribution in [2.45, 2.75) is 32.2 Å². The van der Waals surface area contributed by atoms with Gasteiger partial charge in [-0.15, -0.1) is 10.2 Å². The van der Waals surface area contributed by atoms with E-state index in [1.807, 2.05) is 24.3 Å². The highest BCUT2D eigenvalue weighted by Crippen LogP contribution is 2.34. The molecule has 0 bridgehead atoms. The maximum atomic E-state index is 13.0. The summed E-state index contributed by atoms with van der Waals surface area (Å²) in [5.41, 5.74) is 2.49. The summed E-state index contributed by atoms with van der Waals surface area (Å²) < 4.78 is 0. The van der Waals surface area contributed by atoms with Crippen molar-refractivity contribution in [1.29, 1.82) is 0 Å². The first-order chi connectivity index (χ1) is 15.0. The third-order valence-corrected chi connectivity index (χ3v) is 6.41. The van der Waals surface area contributed by atoms with Gasteiger partial charge >= 0.3 is 6.03 Å². The Bertz CT molecular complexity index is 1100. The zero-order valence-corrected chi connectivity index (χ0v) is 18.5. The summed E-state index contributed by atoms with van der Waals surface area (Å²) in [5, 5.41) is 15.5. The zero-order chi connectivity index (χ0) is 21.8. The molecule has 3 amide bonds. The minimum atomic E-state index is -0.350. The van der Waals surface area contributed by atoms with Gasteiger partial charge in [0, 0.05) is 22.9 Å². The Morgan fingerprint density at radius 3 is 2.81 bits per heavy atom. The van der Waals surface area contributed by atoms with Gasteiger partial charge in [-0.25, -0.2) is 4.79 Å². The summed E-state index contributed by atoms with van der Waals surface area (Å²) in [6.07, 6.45) is 2.49. The van der Waals surface area contributed by atoms with E-state index in [2.05, 4.69) is 27.8 Å². The molecule has 0 unspecified atom stereocenters. The van der Waals surface area contributed by atoms with Gasteiger partial charge in [0.25, 0.3) is 5.91 Å². The summed E-state index contributed by atoms with van der Waals surface area (Å²) in [7, 11) is 0. The second-order valence-corrected chi connectivity index (χ2v) is 8.65. The molecule has 2 N–H and O–H groups in total. The van der Waals surface area contributed by atoms with Crippen molar-refractivity contribution in [2.75, 3.05) is 17.2 Å². The second-order valence-electron chi connectivity index (χ2n) is 7.20. The van der Waals surface area contributed by atoms with E-state index in [9.17, 15) is 9.59 Å². The van der Waals surface area contributed by atoms with E-state index >= 15 is 0 Å². The Kier molecular flexibility index (Phi) is 6.48. The van der Waals surface area contributed by atoms with E-state index in [4.69, 9.17) is 11.6 Å². The van der Waals surface area contributed by atoms with Crippen molar-refractivity contribution < 1.29 is 9.59 Å². The molecule has 2 aromatic carbocycles. The quantitative estimate of drug-likeness (QED) is 0.541. The highest BCUT2D eigenvalue weighted by Gasteiger charge is 2.33. The van der Waals surface area contributed by atoms with E-state index in [0.717, 1.165) is 30.5 Å². The molecule has 9 heteroatoms. The number of nitrogens with one attached hydrogen (secondary N) is 2. The highest BCUT2D eigenvalue weighted by atomic mass is 35.5. The molecule has 0 spiro atoms. The number of carbonyl (C=O) groups excluding carboxylic acids is 2. The number of hydrogen-bond acceptors (Lipinski definition) is 5. The molecule has 1 fully saturated rings. The van der Waals surface area contributed by atoms with Gasteiger partial charge in [0.2, 0.25) is 5.01 Å². The number of nitrogens with zero attached hydrogens (tertiary/aromatic N) is 3. The van der Waals surface area contributed by atoms with Gasteiger partial charge in [-0.3, -0.25) is 4.79 Å². The van der Waals surface area contributed by atoms with Crippen LogP contribution in [0.4, 0.5) is 16.2 Å². The third-order valence-electron chi connectivity index (χ3n) is 5.16. The Balaban J connectivity index is 1.46. The van der Waals surface area contributed by atoms with E-state index in [1.165, 1.54) is 11.3 Å². The van der Waals surface area contributed by atoms with Crippen molar-refractivity contribution in [3.05, 3.63) is 69.1 Å². The molecule has 3 aromatic rings. The molecule has 0 saturated carbocycles. The second kappa shape index (κ2) is 9.45. The van der Waals surface area contributed by atoms with Gasteiger partial charge in [-0.1, -0.05) is 54.1 Å². The monoisotopic (exact) mass is 455 g/mol. The Labute approximate surface area is 189 Å². The van der Waals surface area contributed by atoms with Crippen LogP contribution >= 0.6 is 22.9 Å². The van der Waals surface area contributed by atoms with Gasteiger partial charge in [0.05, 0.1) is 6.04 Å². The molecule has 2 heterocycles. The van der Waals surface area contributed by atoms with E-state index in [0.29, 0.717) is 22.3 Å². The molecular formula is C22H22ClN5O2S. The number of rotatable bonds is 5. The van der Waals surface area contributed by atoms with Gasteiger partial charge in [-0.05, 0) is 49.1 Å². The van der Waals surface area contributed by atoms with E-state index < -0.39 is 0 Å². The summed E-state index contributed by atoms with van der Waals surface area (Å²) in [6.45, 7) is 2.69. The predicted octanol–water partition coefficient (Wildman–Crippen LogP) is 5.38. The molecular weight excluding hydrogens is 434 g/mol. The summed E-state index contributed by atoms with van der Waals surface area (Å²) in [5.74, 6) is -0.350. The van der Waals surface area contributed by atoms with Crippen LogP contribution in [0.5, 0.6) is 0 Å². The normalized spacial score (nSPS) is 15.7. The number of hydrogen-bond donors (Lipinski definition) is 2. The van der Waals surface area contributed by atoms with Crippen LogP contribution < -0.4 is 10.6 Å². The Morgan fingerprint density at radius 1 is 1.16 bits per heavy atom. The standard InChI is InChI=1S/C22H22ClN5O2S/c1-2-14-7-3-4-10-17(14)25-22(30)28-12-6-11-18(28)20-26-27-21(31-20)19(29)24-16-9-5-8-15(23)13-16/h3-5,7-10,13,18H,2,6,11-12H2,1H3,(H,24,29)(H,25,30)/t18-/m1/s1. The molecule has 0 aliphatic carbocycles. The number of para-hydroxylation sites is 1. The fraction of sp³-hybridized carbons (Fsp3) is 0.273. The van der Waals surface area contributed by atoms with Crippen LogP contribution in [0.15, 0.2) is 48.5 Å².